The van der Waals surface area contributed by atoms with Gasteiger partial charge in [0, 0.05) is 54.0 Å². The molecular weight excluding hydrogens is 1340 g/mol. The van der Waals surface area contributed by atoms with E-state index in [0.717, 1.165) is 33.2 Å². The van der Waals surface area contributed by atoms with Crippen molar-refractivity contribution in [3.8, 4) is 95.5 Å². The number of rotatable bonds is 11. The molecule has 0 N–H and O–H groups in total. The van der Waals surface area contributed by atoms with Gasteiger partial charge in [0.05, 0.1) is 41.4 Å². The van der Waals surface area contributed by atoms with Crippen molar-refractivity contribution in [2.24, 2.45) is 0 Å². The van der Waals surface area contributed by atoms with Crippen molar-refractivity contribution in [2.45, 2.75) is 112 Å². The van der Waals surface area contributed by atoms with E-state index in [2.05, 4.69) is 105 Å². The first-order valence-corrected chi connectivity index (χ1v) is 31.2. The van der Waals surface area contributed by atoms with Crippen molar-refractivity contribution in [3.63, 3.8) is 0 Å². The van der Waals surface area contributed by atoms with E-state index < -0.39 is 149 Å². The second kappa shape index (κ2) is 24.9. The molecule has 3 heterocycles. The molecule has 95 heavy (non-hydrogen) atoms. The van der Waals surface area contributed by atoms with E-state index in [1.165, 1.54) is 12.3 Å². The van der Waals surface area contributed by atoms with Crippen LogP contribution in [-0.2, 0) is 42.7 Å². The van der Waals surface area contributed by atoms with Crippen LogP contribution in [0.5, 0.6) is 11.5 Å². The van der Waals surface area contributed by atoms with Crippen LogP contribution >= 0.6 is 0 Å². The number of fused-ring (bicyclic) bond motifs is 4. The molecule has 3 aromatic heterocycles. The Morgan fingerprint density at radius 3 is 1.64 bits per heavy atom. The van der Waals surface area contributed by atoms with Gasteiger partial charge < -0.3 is 13.9 Å². The second-order valence-electron chi connectivity index (χ2n) is 27.8. The van der Waals surface area contributed by atoms with Gasteiger partial charge >= 0.3 is 0 Å². The Bertz CT molecular complexity index is 6260. The van der Waals surface area contributed by atoms with E-state index >= 15 is 0 Å². The van der Waals surface area contributed by atoms with Crippen LogP contribution in [0.1, 0.15) is 140 Å². The summed E-state index contributed by atoms with van der Waals surface area (Å²) < 4.78 is 203. The molecule has 0 aliphatic carbocycles. The van der Waals surface area contributed by atoms with Gasteiger partial charge in [0.25, 0.3) is 6.33 Å². The van der Waals surface area contributed by atoms with Gasteiger partial charge in [-0.3, -0.25) is 4.57 Å². The molecule has 14 aromatic rings. The zero-order valence-electron chi connectivity index (χ0n) is 75.8. The fraction of sp³-hybridized carbons (Fsp3) is 0.191. The van der Waals surface area contributed by atoms with E-state index in [1.807, 2.05) is 99.6 Å². The minimum absolute atomic E-state index is 0. The number of hydrogen-bond acceptors (Lipinski definition) is 2. The average Bonchev–Trinajstić information content (AvgIpc) is 0.868. The zero-order valence-corrected chi connectivity index (χ0v) is 57.1. The van der Waals surface area contributed by atoms with Crippen LogP contribution in [-0.4, -0.2) is 14.1 Å². The number of ether oxygens (including phenoxy) is 1. The normalized spacial score (nSPS) is 15.4. The second-order valence-corrected chi connectivity index (χ2v) is 27.8. The van der Waals surface area contributed by atoms with Crippen LogP contribution in [0, 0.1) is 25.3 Å². The third kappa shape index (κ3) is 12.7. The Labute approximate surface area is 605 Å². The molecule has 0 spiro atoms. The molecule has 0 saturated carbocycles. The molecule has 0 atom stereocenters. The molecule has 0 unspecified atom stereocenters. The fourth-order valence-electron chi connectivity index (χ4n) is 11.8. The zero-order chi connectivity index (χ0) is 83.6. The van der Waals surface area contributed by atoms with Gasteiger partial charge in [-0.15, -0.1) is 29.7 Å². The first-order chi connectivity index (χ1) is 53.7. The number of aryl methyl sites for hydroxylation is 1. The topological polar surface area (TPSA) is 35.9 Å². The minimum Gasteiger partial charge on any atom is -0.510 e. The van der Waals surface area contributed by atoms with E-state index in [0.29, 0.717) is 49.8 Å². The number of pyridine rings is 1. The maximum absolute atomic E-state index is 10.7. The molecule has 6 heteroatoms. The van der Waals surface area contributed by atoms with Gasteiger partial charge in [-0.1, -0.05) is 264 Å². The number of aromatic nitrogens is 4. The maximum Gasteiger partial charge on any atom is 0.268 e. The molecular formula is C89H80N4OPt-2. The Hall–Kier alpha value is -9.67. The largest absolute Gasteiger partial charge is 0.510 e. The molecule has 474 valence electrons. The van der Waals surface area contributed by atoms with Gasteiger partial charge in [0.1, 0.15) is 5.82 Å². The summed E-state index contributed by atoms with van der Waals surface area (Å²) in [4.78, 5) is 4.76. The summed E-state index contributed by atoms with van der Waals surface area (Å²) in [6.07, 6.45) is 4.95. The third-order valence-electron chi connectivity index (χ3n) is 17.1. The molecule has 0 bridgehead atoms. The average molecular weight is 1440 g/mol. The summed E-state index contributed by atoms with van der Waals surface area (Å²) >= 11 is 0. The molecule has 0 aliphatic rings. The Kier molecular flexibility index (Phi) is 11.4. The van der Waals surface area contributed by atoms with Crippen molar-refractivity contribution in [1.29, 1.82) is 0 Å². The van der Waals surface area contributed by atoms with Gasteiger partial charge in [0.2, 0.25) is 0 Å². The number of nitrogens with zero attached hydrogens (tertiary/aromatic N) is 4. The SMILES string of the molecule is [2H]c1c([2H])c([2H])c(-c2cnc(-n3c4[c-]c(Oc5[c-]c(-n6[c-][n+](-c7c(-c8cccc(C(C)(C)C)c8)cc(C(C)(C)C)cc7-c7c([2H])c(-c8c([2H])c([2H])c([2H])c([2H])c8[2H])c([2H])c(-c8c([2H])c([2H])c([2H])c([2H])c8[2H])c7[2H])c7ccc(-c8cc(C(C)(C)C)cc(C(C)(C)C)c8)cc76)ccc5)ccc4c4ccccc43)cc2C([2H])([2H])[2H])c([2H])c1[2H].[Pt]. The molecule has 11 aromatic carbocycles. The molecule has 0 amide bonds. The monoisotopic (exact) mass is 1440 g/mol. The predicted octanol–water partition coefficient (Wildman–Crippen LogP) is 23.1. The van der Waals surface area contributed by atoms with E-state index in [1.54, 1.807) is 38.0 Å². The molecule has 14 rings (SSSR count). The maximum atomic E-state index is 10.7. The Morgan fingerprint density at radius 1 is 0.442 bits per heavy atom. The Balaban J connectivity index is 0.0000117. The van der Waals surface area contributed by atoms with Crippen LogP contribution < -0.4 is 9.30 Å². The van der Waals surface area contributed by atoms with Crippen LogP contribution in [0.3, 0.4) is 0 Å². The van der Waals surface area contributed by atoms with Crippen molar-refractivity contribution in [1.82, 2.24) is 14.1 Å². The van der Waals surface area contributed by atoms with Crippen LogP contribution in [0.15, 0.2) is 248 Å². The summed E-state index contributed by atoms with van der Waals surface area (Å²) in [6.45, 7) is 22.3. The predicted molar refractivity (Wildman–Crippen MR) is 392 cm³/mol. The summed E-state index contributed by atoms with van der Waals surface area (Å²) in [5, 5.41) is 1.43. The molecule has 0 radical (unpaired) electrons. The number of hydrogen-bond donors (Lipinski definition) is 0. The number of benzene rings is 11. The van der Waals surface area contributed by atoms with Crippen LogP contribution in [0.2, 0.25) is 0 Å². The van der Waals surface area contributed by atoms with Crippen LogP contribution in [0.25, 0.3) is 117 Å². The quantitative estimate of drug-likeness (QED) is 0.0956. The summed E-state index contributed by atoms with van der Waals surface area (Å²) in [5.41, 5.74) is 4.46. The van der Waals surface area contributed by atoms with Crippen molar-refractivity contribution in [2.75, 3.05) is 0 Å². The van der Waals surface area contributed by atoms with Crippen LogP contribution in [0.4, 0.5) is 0 Å². The number of para-hydroxylation sites is 1. The number of imidazole rings is 1. The first kappa shape index (κ1) is 43.3. The van der Waals surface area contributed by atoms with Gasteiger partial charge in [-0.2, -0.15) is 18.2 Å². The molecule has 0 aliphatic heterocycles. The molecule has 0 fully saturated rings. The Morgan fingerprint density at radius 2 is 1.01 bits per heavy atom. The van der Waals surface area contributed by atoms with E-state index in [-0.39, 0.29) is 82.7 Å². The fourth-order valence-corrected chi connectivity index (χ4v) is 11.8. The molecule has 5 nitrogen and oxygen atoms in total. The van der Waals surface area contributed by atoms with Gasteiger partial charge in [-0.25, -0.2) is 4.98 Å². The third-order valence-corrected chi connectivity index (χ3v) is 17.1. The standard InChI is InChI=1S/C89H80N4O.Pt/c1-58-43-84(90-56-79(58)61-31-21-16-22-32-61)93-80-38-24-23-37-75(80)76-41-40-74(55-82(76)93)94-73-36-26-35-72(54-73)91-57-92(81-42-39-62(50-83(81)91)66-48-69(87(5,6)7)51-70(49-66)88(8,9)10)85-77(63-33-25-34-68(47-63)86(2,3)4)52-71(89(11,12)13)53-78(85)67-45-64(59-27-17-14-18-28-59)44-65(46-67)60-29-19-15-20-30-60;/h14-53,56H,1-13H3;/q-2;/i1D3,14D,15D,16D,17D,18D,19D,20D,21D,22D,27D,28D,29D,30D,31D,32D,44D,45D,46D;. The van der Waals surface area contributed by atoms with Crippen molar-refractivity contribution < 1.29 is 59.2 Å². The van der Waals surface area contributed by atoms with E-state index in [4.69, 9.17) is 28.9 Å². The van der Waals surface area contributed by atoms with E-state index in [9.17, 15) is 9.60 Å². The molecule has 0 saturated heterocycles. The van der Waals surface area contributed by atoms with Crippen molar-refractivity contribution >= 4 is 32.8 Å². The smallest absolute Gasteiger partial charge is 0.268 e. The minimum atomic E-state index is -2.87. The summed E-state index contributed by atoms with van der Waals surface area (Å²) in [5.74, 6) is 0.502. The van der Waals surface area contributed by atoms with Gasteiger partial charge in [0.15, 0.2) is 0 Å². The summed E-state index contributed by atoms with van der Waals surface area (Å²) in [7, 11) is 0. The van der Waals surface area contributed by atoms with Gasteiger partial charge in [-0.05, 0) is 165 Å². The first-order valence-electron chi connectivity index (χ1n) is 41.7. The summed E-state index contributed by atoms with van der Waals surface area (Å²) in [6, 6.07) is 36.0. The van der Waals surface area contributed by atoms with Crippen molar-refractivity contribution in [3.05, 3.63) is 295 Å².